The van der Waals surface area contributed by atoms with Crippen LogP contribution >= 0.6 is 0 Å². The van der Waals surface area contributed by atoms with E-state index in [1.165, 1.54) is 7.11 Å². The van der Waals surface area contributed by atoms with E-state index in [0.717, 1.165) is 25.0 Å². The Morgan fingerprint density at radius 3 is 2.84 bits per heavy atom. The SMILES string of the molecule is CCOc1nc(C(=O)Nc2cccnc2OC)cn2cc([C@]34CC[C@](C)(C3)OC4)nc12. The average Bonchev–Trinajstić information content (AvgIpc) is 3.45. The molecule has 1 saturated carbocycles. The maximum absolute atomic E-state index is 12.9. The molecule has 3 aromatic heterocycles. The number of carbonyl (C=O) groups excluding carboxylic acids is 1. The van der Waals surface area contributed by atoms with Gasteiger partial charge in [0.05, 0.1) is 31.6 Å². The number of hydrogen-bond acceptors (Lipinski definition) is 7. The number of anilines is 1. The van der Waals surface area contributed by atoms with Crippen LogP contribution < -0.4 is 14.8 Å². The molecule has 2 fully saturated rings. The van der Waals surface area contributed by atoms with Crippen LogP contribution in [-0.4, -0.2) is 51.2 Å². The average molecular weight is 423 g/mol. The lowest BCUT2D eigenvalue weighted by Crippen LogP contribution is -2.26. The molecule has 31 heavy (non-hydrogen) atoms. The number of imidazole rings is 1. The van der Waals surface area contributed by atoms with Gasteiger partial charge < -0.3 is 19.5 Å². The topological polar surface area (TPSA) is 99.9 Å². The lowest BCUT2D eigenvalue weighted by molar-refractivity contribution is -0.00627. The molecule has 4 heterocycles. The van der Waals surface area contributed by atoms with Crippen LogP contribution in [0.3, 0.4) is 0 Å². The number of ether oxygens (including phenoxy) is 3. The smallest absolute Gasteiger partial charge is 0.276 e. The minimum atomic E-state index is -0.389. The number of nitrogens with one attached hydrogen (secondary N) is 1. The van der Waals surface area contributed by atoms with Crippen LogP contribution in [-0.2, 0) is 10.2 Å². The van der Waals surface area contributed by atoms with Crippen molar-refractivity contribution in [2.45, 2.75) is 44.1 Å². The number of nitrogens with zero attached hydrogens (tertiary/aromatic N) is 4. The van der Waals surface area contributed by atoms with Crippen LogP contribution in [0.4, 0.5) is 5.69 Å². The number of carbonyl (C=O) groups is 1. The third-order valence-electron chi connectivity index (χ3n) is 6.22. The first-order valence-electron chi connectivity index (χ1n) is 10.4. The van der Waals surface area contributed by atoms with Gasteiger partial charge in [0.15, 0.2) is 0 Å². The van der Waals surface area contributed by atoms with E-state index in [4.69, 9.17) is 19.2 Å². The number of pyridine rings is 1. The molecule has 1 aliphatic heterocycles. The summed E-state index contributed by atoms with van der Waals surface area (Å²) < 4.78 is 18.8. The molecule has 2 atom stereocenters. The zero-order chi connectivity index (χ0) is 21.6. The lowest BCUT2D eigenvalue weighted by Gasteiger charge is -2.24. The molecule has 1 amide bonds. The van der Waals surface area contributed by atoms with Crippen LogP contribution in [0, 0.1) is 0 Å². The van der Waals surface area contributed by atoms with Gasteiger partial charge in [-0.05, 0) is 45.2 Å². The van der Waals surface area contributed by atoms with Crippen molar-refractivity contribution in [2.24, 2.45) is 0 Å². The molecule has 2 bridgehead atoms. The molecule has 0 aromatic carbocycles. The first kappa shape index (κ1) is 19.7. The molecule has 5 rings (SSSR count). The van der Waals surface area contributed by atoms with E-state index in [1.807, 2.05) is 17.5 Å². The van der Waals surface area contributed by atoms with Crippen molar-refractivity contribution in [3.8, 4) is 11.8 Å². The van der Waals surface area contributed by atoms with Crippen LogP contribution in [0.2, 0.25) is 0 Å². The van der Waals surface area contributed by atoms with Crippen LogP contribution in [0.15, 0.2) is 30.7 Å². The van der Waals surface area contributed by atoms with Gasteiger partial charge in [-0.3, -0.25) is 9.20 Å². The molecule has 0 spiro atoms. The molecular formula is C22H25N5O4. The molecule has 0 radical (unpaired) electrons. The highest BCUT2D eigenvalue weighted by molar-refractivity contribution is 6.03. The van der Waals surface area contributed by atoms with Crippen molar-refractivity contribution < 1.29 is 19.0 Å². The zero-order valence-electron chi connectivity index (χ0n) is 17.8. The van der Waals surface area contributed by atoms with E-state index in [-0.39, 0.29) is 22.6 Å². The van der Waals surface area contributed by atoms with Gasteiger partial charge in [0, 0.05) is 24.0 Å². The number of aromatic nitrogens is 4. The van der Waals surface area contributed by atoms with Gasteiger partial charge in [0.1, 0.15) is 11.4 Å². The normalized spacial score (nSPS) is 24.5. The minimum absolute atomic E-state index is 0.0649. The quantitative estimate of drug-likeness (QED) is 0.650. The fraction of sp³-hybridized carbons (Fsp3) is 0.455. The lowest BCUT2D eigenvalue weighted by atomic mass is 9.84. The number of rotatable bonds is 6. The van der Waals surface area contributed by atoms with Crippen molar-refractivity contribution in [3.05, 3.63) is 42.1 Å². The van der Waals surface area contributed by atoms with Crippen molar-refractivity contribution in [2.75, 3.05) is 25.6 Å². The molecule has 3 aromatic rings. The van der Waals surface area contributed by atoms with E-state index in [1.54, 1.807) is 24.5 Å². The highest BCUT2D eigenvalue weighted by atomic mass is 16.5. The Bertz CT molecular complexity index is 1150. The molecule has 0 unspecified atom stereocenters. The predicted octanol–water partition coefficient (Wildman–Crippen LogP) is 2.99. The first-order chi connectivity index (χ1) is 15.0. The third kappa shape index (κ3) is 3.29. The van der Waals surface area contributed by atoms with Gasteiger partial charge in [-0.1, -0.05) is 0 Å². The summed E-state index contributed by atoms with van der Waals surface area (Å²) in [6.45, 7) is 5.12. The number of amides is 1. The van der Waals surface area contributed by atoms with Gasteiger partial charge >= 0.3 is 0 Å². The van der Waals surface area contributed by atoms with Crippen molar-refractivity contribution >= 4 is 17.2 Å². The molecule has 2 aliphatic rings. The highest BCUT2D eigenvalue weighted by Crippen LogP contribution is 2.53. The van der Waals surface area contributed by atoms with E-state index >= 15 is 0 Å². The summed E-state index contributed by atoms with van der Waals surface area (Å²) in [5.41, 5.74) is 2.08. The van der Waals surface area contributed by atoms with Crippen molar-refractivity contribution in [3.63, 3.8) is 0 Å². The van der Waals surface area contributed by atoms with Crippen LogP contribution in [0.25, 0.3) is 5.65 Å². The summed E-state index contributed by atoms with van der Waals surface area (Å²) in [7, 11) is 1.50. The Morgan fingerprint density at radius 2 is 2.16 bits per heavy atom. The molecule has 9 heteroatoms. The second kappa shape index (κ2) is 7.19. The summed E-state index contributed by atoms with van der Waals surface area (Å²) in [6.07, 6.45) is 8.26. The number of hydrogen-bond donors (Lipinski definition) is 1. The summed E-state index contributed by atoms with van der Waals surface area (Å²) in [4.78, 5) is 26.4. The Labute approximate surface area is 179 Å². The molecule has 9 nitrogen and oxygen atoms in total. The maximum atomic E-state index is 12.9. The maximum Gasteiger partial charge on any atom is 0.276 e. The fourth-order valence-electron chi connectivity index (χ4n) is 4.65. The van der Waals surface area contributed by atoms with Crippen LogP contribution in [0.5, 0.6) is 11.8 Å². The molecular weight excluding hydrogens is 398 g/mol. The van der Waals surface area contributed by atoms with Gasteiger partial charge in [-0.25, -0.2) is 15.0 Å². The Hall–Kier alpha value is -3.20. The Kier molecular flexibility index (Phi) is 4.58. The van der Waals surface area contributed by atoms with E-state index < -0.39 is 0 Å². The largest absolute Gasteiger partial charge is 0.480 e. The zero-order valence-corrected chi connectivity index (χ0v) is 17.8. The van der Waals surface area contributed by atoms with Gasteiger partial charge in [0.25, 0.3) is 11.8 Å². The van der Waals surface area contributed by atoms with Gasteiger partial charge in [-0.2, -0.15) is 0 Å². The molecule has 1 aliphatic carbocycles. The standard InChI is InChI=1S/C22H25N5O4/c1-4-30-20-17-26-16(22-8-7-21(2,12-22)31-13-22)11-27(17)10-15(25-20)18(28)24-14-6-5-9-23-19(14)29-3/h5-6,9-11H,4,7-8,12-13H2,1-3H3,(H,24,28)/t21-,22-/m1/s1. The summed E-state index contributed by atoms with van der Waals surface area (Å²) in [5, 5.41) is 2.81. The number of methoxy groups -OCH3 is 1. The summed E-state index contributed by atoms with van der Waals surface area (Å²) in [5.74, 6) is 0.271. The Balaban J connectivity index is 1.52. The van der Waals surface area contributed by atoms with Crippen LogP contribution in [0.1, 0.15) is 49.3 Å². The van der Waals surface area contributed by atoms with Gasteiger partial charge in [-0.15, -0.1) is 0 Å². The fourth-order valence-corrected chi connectivity index (χ4v) is 4.65. The molecule has 162 valence electrons. The van der Waals surface area contributed by atoms with Crippen molar-refractivity contribution in [1.82, 2.24) is 19.4 Å². The first-order valence-corrected chi connectivity index (χ1v) is 10.4. The van der Waals surface area contributed by atoms with E-state index in [9.17, 15) is 4.79 Å². The molecule has 1 saturated heterocycles. The Morgan fingerprint density at radius 1 is 1.29 bits per heavy atom. The highest BCUT2D eigenvalue weighted by Gasteiger charge is 2.55. The molecule has 1 N–H and O–H groups in total. The van der Waals surface area contributed by atoms with Gasteiger partial charge in [0.2, 0.25) is 11.5 Å². The second-order valence-corrected chi connectivity index (χ2v) is 8.43. The summed E-state index contributed by atoms with van der Waals surface area (Å²) in [6, 6.07) is 3.44. The number of fused-ring (bicyclic) bond motifs is 3. The monoisotopic (exact) mass is 423 g/mol. The summed E-state index contributed by atoms with van der Waals surface area (Å²) >= 11 is 0. The third-order valence-corrected chi connectivity index (χ3v) is 6.22. The predicted molar refractivity (Wildman–Crippen MR) is 113 cm³/mol. The minimum Gasteiger partial charge on any atom is -0.480 e. The van der Waals surface area contributed by atoms with E-state index in [0.29, 0.717) is 36.3 Å². The second-order valence-electron chi connectivity index (χ2n) is 8.43. The van der Waals surface area contributed by atoms with E-state index in [2.05, 4.69) is 22.2 Å². The van der Waals surface area contributed by atoms with Crippen molar-refractivity contribution in [1.29, 1.82) is 0 Å².